The first-order valence-electron chi connectivity index (χ1n) is 9.53. The topological polar surface area (TPSA) is 55.4 Å². The van der Waals surface area contributed by atoms with E-state index in [1.54, 1.807) is 65.0 Å². The molecular formula is C22H26Cl2FNO3S. The Morgan fingerprint density at radius 3 is 2.37 bits per heavy atom. The summed E-state index contributed by atoms with van der Waals surface area (Å²) in [6, 6.07) is 7.50. The maximum absolute atomic E-state index is 15.2. The van der Waals surface area contributed by atoms with Gasteiger partial charge in [-0.15, -0.1) is 0 Å². The van der Waals surface area contributed by atoms with Crippen LogP contribution < -0.4 is 4.72 Å². The molecule has 0 unspecified atom stereocenters. The fourth-order valence-corrected chi connectivity index (χ4v) is 4.31. The molecule has 1 N–H and O–H groups in total. The highest BCUT2D eigenvalue weighted by Gasteiger charge is 2.28. The van der Waals surface area contributed by atoms with E-state index in [1.807, 2.05) is 0 Å². The zero-order chi connectivity index (χ0) is 22.6. The van der Waals surface area contributed by atoms with E-state index in [0.29, 0.717) is 26.7 Å². The number of carbonyl (C=O) groups is 1. The number of rotatable bonds is 7. The molecule has 2 rings (SSSR count). The van der Waals surface area contributed by atoms with Gasteiger partial charge in [-0.3, -0.25) is 4.79 Å². The van der Waals surface area contributed by atoms with Crippen molar-refractivity contribution in [1.82, 2.24) is 4.72 Å². The normalized spacial score (nSPS) is 13.7. The number of hydrogen-bond donors (Lipinski definition) is 1. The highest BCUT2D eigenvalue weighted by molar-refractivity contribution is 7.84. The Morgan fingerprint density at radius 2 is 1.83 bits per heavy atom. The van der Waals surface area contributed by atoms with E-state index >= 15 is 4.39 Å². The van der Waals surface area contributed by atoms with Crippen LogP contribution in [0.5, 0.6) is 0 Å². The summed E-state index contributed by atoms with van der Waals surface area (Å²) >= 11 is 12.7. The molecule has 0 radical (unpaired) electrons. The summed E-state index contributed by atoms with van der Waals surface area (Å²) in [5.41, 5.74) is 1.73. The first-order valence-corrected chi connectivity index (χ1v) is 11.4. The molecule has 2 aromatic carbocycles. The summed E-state index contributed by atoms with van der Waals surface area (Å²) in [5, 5.41) is 0.847. The van der Waals surface area contributed by atoms with Gasteiger partial charge in [0, 0.05) is 21.2 Å². The van der Waals surface area contributed by atoms with Crippen LogP contribution in [0.2, 0.25) is 10.0 Å². The number of nitrogens with one attached hydrogen (secondary N) is 1. The van der Waals surface area contributed by atoms with Gasteiger partial charge >= 0.3 is 5.97 Å². The number of aryl methyl sites for hydroxylation is 1. The molecule has 0 spiro atoms. The zero-order valence-electron chi connectivity index (χ0n) is 17.6. The molecule has 0 fully saturated rings. The van der Waals surface area contributed by atoms with Gasteiger partial charge in [0.25, 0.3) is 0 Å². The second-order valence-corrected chi connectivity index (χ2v) is 10.7. The highest BCUT2D eigenvalue weighted by atomic mass is 35.5. The molecule has 4 nitrogen and oxygen atoms in total. The SMILES string of the molecule is CCOC(=O)C[C@H](N[S@](=O)C(C)(C)C)c1cc(-c2c(Cl)cccc2Cl)cc(C)c1F. The minimum absolute atomic E-state index is 0.175. The van der Waals surface area contributed by atoms with Gasteiger partial charge < -0.3 is 4.74 Å². The fraction of sp³-hybridized carbons (Fsp3) is 0.409. The summed E-state index contributed by atoms with van der Waals surface area (Å²) in [4.78, 5) is 12.2. The largest absolute Gasteiger partial charge is 0.466 e. The second kappa shape index (κ2) is 10.2. The fourth-order valence-electron chi connectivity index (χ4n) is 2.88. The minimum Gasteiger partial charge on any atom is -0.466 e. The molecule has 8 heteroatoms. The monoisotopic (exact) mass is 473 g/mol. The van der Waals surface area contributed by atoms with Crippen molar-refractivity contribution in [1.29, 1.82) is 0 Å². The molecule has 164 valence electrons. The maximum Gasteiger partial charge on any atom is 0.307 e. The Balaban J connectivity index is 2.60. The van der Waals surface area contributed by atoms with Gasteiger partial charge in [0.05, 0.1) is 34.8 Å². The smallest absolute Gasteiger partial charge is 0.307 e. The van der Waals surface area contributed by atoms with Crippen molar-refractivity contribution < 1.29 is 18.1 Å². The van der Waals surface area contributed by atoms with Gasteiger partial charge in [0.2, 0.25) is 0 Å². The van der Waals surface area contributed by atoms with Gasteiger partial charge in [-0.25, -0.2) is 13.3 Å². The number of ether oxygens (including phenoxy) is 1. The van der Waals surface area contributed by atoms with Crippen LogP contribution in [0.4, 0.5) is 4.39 Å². The first kappa shape index (κ1) is 24.8. The molecule has 0 aliphatic rings. The number of hydrogen-bond acceptors (Lipinski definition) is 3. The maximum atomic E-state index is 15.2. The Bertz CT molecular complexity index is 940. The minimum atomic E-state index is -1.54. The van der Waals surface area contributed by atoms with Crippen LogP contribution in [0.3, 0.4) is 0 Å². The molecule has 0 aliphatic carbocycles. The van der Waals surface area contributed by atoms with Crippen LogP contribution in [0.25, 0.3) is 11.1 Å². The third-order valence-corrected chi connectivity index (χ3v) is 6.63. The summed E-state index contributed by atoms with van der Waals surface area (Å²) in [6.45, 7) is 8.88. The van der Waals surface area contributed by atoms with Crippen molar-refractivity contribution in [3.05, 3.63) is 57.3 Å². The molecular weight excluding hydrogens is 448 g/mol. The summed E-state index contributed by atoms with van der Waals surface area (Å²) < 4.78 is 35.2. The van der Waals surface area contributed by atoms with Crippen LogP contribution in [0, 0.1) is 12.7 Å². The van der Waals surface area contributed by atoms with Crippen molar-refractivity contribution in [3.8, 4) is 11.1 Å². The van der Waals surface area contributed by atoms with Crippen LogP contribution in [0.1, 0.15) is 51.3 Å². The highest BCUT2D eigenvalue weighted by Crippen LogP contribution is 2.38. The van der Waals surface area contributed by atoms with E-state index in [0.717, 1.165) is 0 Å². The van der Waals surface area contributed by atoms with Gasteiger partial charge in [-0.2, -0.15) is 0 Å². The van der Waals surface area contributed by atoms with Crippen molar-refractivity contribution in [2.24, 2.45) is 0 Å². The van der Waals surface area contributed by atoms with Crippen LogP contribution in [-0.2, 0) is 20.5 Å². The van der Waals surface area contributed by atoms with Gasteiger partial charge in [-0.05, 0) is 70.0 Å². The van der Waals surface area contributed by atoms with E-state index in [4.69, 9.17) is 27.9 Å². The first-order chi connectivity index (χ1) is 14.0. The lowest BCUT2D eigenvalue weighted by atomic mass is 9.95. The van der Waals surface area contributed by atoms with Gasteiger partial charge in [-0.1, -0.05) is 29.3 Å². The molecule has 0 heterocycles. The molecule has 0 saturated carbocycles. The van der Waals surface area contributed by atoms with Crippen molar-refractivity contribution in [2.75, 3.05) is 6.61 Å². The Kier molecular flexibility index (Phi) is 8.45. The predicted molar refractivity (Wildman–Crippen MR) is 122 cm³/mol. The average Bonchev–Trinajstić information content (AvgIpc) is 2.63. The predicted octanol–water partition coefficient (Wildman–Crippen LogP) is 6.15. The number of carbonyl (C=O) groups excluding carboxylic acids is 1. The second-order valence-electron chi connectivity index (χ2n) is 7.85. The van der Waals surface area contributed by atoms with Gasteiger partial charge in [0.15, 0.2) is 0 Å². The zero-order valence-corrected chi connectivity index (χ0v) is 20.0. The van der Waals surface area contributed by atoms with E-state index in [9.17, 15) is 9.00 Å². The summed E-state index contributed by atoms with van der Waals surface area (Å²) in [6.07, 6.45) is -0.175. The van der Waals surface area contributed by atoms with E-state index < -0.39 is 33.6 Å². The van der Waals surface area contributed by atoms with E-state index in [-0.39, 0.29) is 18.6 Å². The average molecular weight is 474 g/mol. The van der Waals surface area contributed by atoms with E-state index in [1.165, 1.54) is 0 Å². The standard InChI is InChI=1S/C22H26Cl2FNO3S/c1-6-29-19(27)12-18(26-30(28)22(3,4)5)15-11-14(10-13(2)21(15)25)20-16(23)8-7-9-17(20)24/h7-11,18,26H,6,12H2,1-5H3/t18-,30+/m0/s1. The number of esters is 1. The molecule has 2 aromatic rings. The Labute approximate surface area is 189 Å². The van der Waals surface area contributed by atoms with Crippen LogP contribution in [-0.4, -0.2) is 21.5 Å². The van der Waals surface area contributed by atoms with Crippen molar-refractivity contribution in [3.63, 3.8) is 0 Å². The lowest BCUT2D eigenvalue weighted by Crippen LogP contribution is -2.37. The third-order valence-electron chi connectivity index (χ3n) is 4.39. The number of benzene rings is 2. The van der Waals surface area contributed by atoms with Crippen molar-refractivity contribution in [2.45, 2.75) is 51.8 Å². The third kappa shape index (κ3) is 6.03. The molecule has 0 saturated heterocycles. The summed E-state index contributed by atoms with van der Waals surface area (Å²) in [7, 11) is -1.54. The lowest BCUT2D eigenvalue weighted by Gasteiger charge is -2.25. The van der Waals surface area contributed by atoms with Crippen molar-refractivity contribution >= 4 is 40.2 Å². The molecule has 0 amide bonds. The molecule has 0 aromatic heterocycles. The molecule has 30 heavy (non-hydrogen) atoms. The Morgan fingerprint density at radius 1 is 1.23 bits per heavy atom. The quantitative estimate of drug-likeness (QED) is 0.490. The summed E-state index contributed by atoms with van der Waals surface area (Å²) in [5.74, 6) is -1.01. The van der Waals surface area contributed by atoms with Gasteiger partial charge in [0.1, 0.15) is 5.82 Å². The molecule has 2 atom stereocenters. The molecule has 0 bridgehead atoms. The van der Waals surface area contributed by atoms with E-state index in [2.05, 4.69) is 4.72 Å². The number of halogens is 3. The lowest BCUT2D eigenvalue weighted by molar-refractivity contribution is -0.143. The Hall–Kier alpha value is -1.47. The molecule has 0 aliphatic heterocycles. The van der Waals surface area contributed by atoms with Crippen LogP contribution in [0.15, 0.2) is 30.3 Å². The van der Waals surface area contributed by atoms with Crippen LogP contribution >= 0.6 is 23.2 Å².